The molecule has 0 fully saturated rings. The fraction of sp³-hybridized carbons (Fsp3) is 0.0909. The van der Waals surface area contributed by atoms with Gasteiger partial charge < -0.3 is 5.21 Å². The molecule has 0 aromatic carbocycles. The summed E-state index contributed by atoms with van der Waals surface area (Å²) in [4.78, 5) is 12.2. The van der Waals surface area contributed by atoms with Crippen LogP contribution in [0.2, 0.25) is 0 Å². The molecule has 0 spiro atoms. The third-order valence-corrected chi connectivity index (χ3v) is 2.05. The predicted molar refractivity (Wildman–Crippen MR) is 58.3 cm³/mol. The summed E-state index contributed by atoms with van der Waals surface area (Å²) in [5.74, 6) is 0. The van der Waals surface area contributed by atoms with Gasteiger partial charge in [0.1, 0.15) is 5.71 Å². The SMILES string of the molecule is ON=C(Cc1cnccn1)c1ccccn1. The molecule has 80 valence electrons. The molecule has 0 aliphatic heterocycles. The number of nitrogens with zero attached hydrogens (tertiary/aromatic N) is 4. The largest absolute Gasteiger partial charge is 0.411 e. The van der Waals surface area contributed by atoms with Gasteiger partial charge in [0.15, 0.2) is 0 Å². The van der Waals surface area contributed by atoms with Crippen LogP contribution in [0.3, 0.4) is 0 Å². The third kappa shape index (κ3) is 2.38. The van der Waals surface area contributed by atoms with Gasteiger partial charge >= 0.3 is 0 Å². The lowest BCUT2D eigenvalue weighted by molar-refractivity contribution is 0.318. The normalized spacial score (nSPS) is 11.4. The highest BCUT2D eigenvalue weighted by atomic mass is 16.4. The topological polar surface area (TPSA) is 71.3 Å². The molecule has 2 rings (SSSR count). The maximum Gasteiger partial charge on any atom is 0.111 e. The summed E-state index contributed by atoms with van der Waals surface area (Å²) in [7, 11) is 0. The molecule has 5 nitrogen and oxygen atoms in total. The molecule has 0 bridgehead atoms. The third-order valence-electron chi connectivity index (χ3n) is 2.05. The number of aromatic nitrogens is 3. The summed E-state index contributed by atoms with van der Waals surface area (Å²) in [5, 5.41) is 12.2. The van der Waals surface area contributed by atoms with Gasteiger partial charge in [-0.25, -0.2) is 0 Å². The van der Waals surface area contributed by atoms with E-state index in [9.17, 15) is 0 Å². The second-order valence-corrected chi connectivity index (χ2v) is 3.14. The van der Waals surface area contributed by atoms with E-state index in [1.54, 1.807) is 36.9 Å². The molecule has 0 unspecified atom stereocenters. The Hall–Kier alpha value is -2.30. The summed E-state index contributed by atoms with van der Waals surface area (Å²) in [6.45, 7) is 0. The molecule has 2 heterocycles. The second-order valence-electron chi connectivity index (χ2n) is 3.14. The van der Waals surface area contributed by atoms with E-state index in [0.29, 0.717) is 17.8 Å². The van der Waals surface area contributed by atoms with Crippen molar-refractivity contribution in [3.63, 3.8) is 0 Å². The van der Waals surface area contributed by atoms with Crippen molar-refractivity contribution in [3.8, 4) is 0 Å². The summed E-state index contributed by atoms with van der Waals surface area (Å²) < 4.78 is 0. The monoisotopic (exact) mass is 214 g/mol. The first-order valence-electron chi connectivity index (χ1n) is 4.77. The predicted octanol–water partition coefficient (Wildman–Crippen LogP) is 1.29. The smallest absolute Gasteiger partial charge is 0.111 e. The first-order valence-corrected chi connectivity index (χ1v) is 4.77. The molecule has 0 saturated carbocycles. The number of rotatable bonds is 3. The maximum absolute atomic E-state index is 8.94. The molecule has 5 heteroatoms. The fourth-order valence-electron chi connectivity index (χ4n) is 1.30. The fourth-order valence-corrected chi connectivity index (χ4v) is 1.30. The highest BCUT2D eigenvalue weighted by molar-refractivity contribution is 5.99. The number of pyridine rings is 1. The molecule has 16 heavy (non-hydrogen) atoms. The highest BCUT2D eigenvalue weighted by Crippen LogP contribution is 2.02. The van der Waals surface area contributed by atoms with Crippen molar-refractivity contribution >= 4 is 5.71 Å². The summed E-state index contributed by atoms with van der Waals surface area (Å²) in [6.07, 6.45) is 6.88. The quantitative estimate of drug-likeness (QED) is 0.475. The van der Waals surface area contributed by atoms with E-state index < -0.39 is 0 Å². The number of oxime groups is 1. The Morgan fingerprint density at radius 1 is 1.19 bits per heavy atom. The summed E-state index contributed by atoms with van der Waals surface area (Å²) in [5.41, 5.74) is 1.85. The standard InChI is InChI=1S/C11H10N4O/c16-15-11(10-3-1-2-4-14-10)7-9-8-12-5-6-13-9/h1-6,8,16H,7H2. The summed E-state index contributed by atoms with van der Waals surface area (Å²) >= 11 is 0. The van der Waals surface area contributed by atoms with Crippen LogP contribution in [0.1, 0.15) is 11.4 Å². The first kappa shape index (κ1) is 10.2. The van der Waals surface area contributed by atoms with E-state index in [0.717, 1.165) is 5.69 Å². The molecular weight excluding hydrogens is 204 g/mol. The van der Waals surface area contributed by atoms with Crippen molar-refractivity contribution in [1.82, 2.24) is 15.0 Å². The van der Waals surface area contributed by atoms with Gasteiger partial charge in [-0.05, 0) is 12.1 Å². The van der Waals surface area contributed by atoms with Crippen molar-refractivity contribution in [2.75, 3.05) is 0 Å². The minimum absolute atomic E-state index is 0.404. The Kier molecular flexibility index (Phi) is 3.18. The van der Waals surface area contributed by atoms with Gasteiger partial charge in [-0.1, -0.05) is 11.2 Å². The van der Waals surface area contributed by atoms with Crippen LogP contribution in [0.5, 0.6) is 0 Å². The average Bonchev–Trinajstić information content (AvgIpc) is 2.38. The molecule has 2 aromatic heterocycles. The Morgan fingerprint density at radius 3 is 2.75 bits per heavy atom. The van der Waals surface area contributed by atoms with Crippen LogP contribution in [0.15, 0.2) is 48.1 Å². The van der Waals surface area contributed by atoms with Crippen molar-refractivity contribution in [2.24, 2.45) is 5.16 Å². The van der Waals surface area contributed by atoms with Crippen LogP contribution in [-0.4, -0.2) is 25.9 Å². The summed E-state index contributed by atoms with van der Waals surface area (Å²) in [6, 6.07) is 5.43. The lowest BCUT2D eigenvalue weighted by Gasteiger charge is -2.02. The molecule has 0 radical (unpaired) electrons. The van der Waals surface area contributed by atoms with Crippen molar-refractivity contribution < 1.29 is 5.21 Å². The first-order chi connectivity index (χ1) is 7.90. The van der Waals surface area contributed by atoms with E-state index in [4.69, 9.17) is 5.21 Å². The van der Waals surface area contributed by atoms with Gasteiger partial charge in [0.05, 0.1) is 11.4 Å². The van der Waals surface area contributed by atoms with Crippen molar-refractivity contribution in [3.05, 3.63) is 54.4 Å². The molecule has 0 atom stereocenters. The van der Waals surface area contributed by atoms with Gasteiger partial charge in [-0.2, -0.15) is 0 Å². The Morgan fingerprint density at radius 2 is 2.12 bits per heavy atom. The number of hydrogen-bond acceptors (Lipinski definition) is 5. The molecule has 0 amide bonds. The Bertz CT molecular complexity index is 470. The zero-order chi connectivity index (χ0) is 11.2. The molecule has 0 aliphatic carbocycles. The van der Waals surface area contributed by atoms with Crippen LogP contribution < -0.4 is 0 Å². The van der Waals surface area contributed by atoms with Gasteiger partial charge in [-0.15, -0.1) is 0 Å². The Balaban J connectivity index is 2.20. The van der Waals surface area contributed by atoms with Crippen LogP contribution in [0.25, 0.3) is 0 Å². The average molecular weight is 214 g/mol. The minimum atomic E-state index is 0.404. The van der Waals surface area contributed by atoms with E-state index in [-0.39, 0.29) is 0 Å². The van der Waals surface area contributed by atoms with Gasteiger partial charge in [0.25, 0.3) is 0 Å². The van der Waals surface area contributed by atoms with E-state index >= 15 is 0 Å². The molecule has 2 aromatic rings. The molecular formula is C11H10N4O. The second kappa shape index (κ2) is 4.97. The van der Waals surface area contributed by atoms with Crippen LogP contribution >= 0.6 is 0 Å². The zero-order valence-electron chi connectivity index (χ0n) is 8.48. The lowest BCUT2D eigenvalue weighted by Crippen LogP contribution is -2.08. The van der Waals surface area contributed by atoms with E-state index in [1.807, 2.05) is 6.07 Å². The van der Waals surface area contributed by atoms with Gasteiger partial charge in [0, 0.05) is 31.2 Å². The molecule has 1 N–H and O–H groups in total. The van der Waals surface area contributed by atoms with Crippen LogP contribution in [0, 0.1) is 0 Å². The van der Waals surface area contributed by atoms with Gasteiger partial charge in [0.2, 0.25) is 0 Å². The Labute approximate surface area is 92.5 Å². The van der Waals surface area contributed by atoms with E-state index in [2.05, 4.69) is 20.1 Å². The lowest BCUT2D eigenvalue weighted by atomic mass is 10.1. The van der Waals surface area contributed by atoms with Crippen molar-refractivity contribution in [2.45, 2.75) is 6.42 Å². The van der Waals surface area contributed by atoms with Gasteiger partial charge in [-0.3, -0.25) is 15.0 Å². The van der Waals surface area contributed by atoms with Crippen LogP contribution in [0.4, 0.5) is 0 Å². The zero-order valence-corrected chi connectivity index (χ0v) is 8.48. The van der Waals surface area contributed by atoms with E-state index in [1.165, 1.54) is 0 Å². The highest BCUT2D eigenvalue weighted by Gasteiger charge is 2.07. The number of hydrogen-bond donors (Lipinski definition) is 1. The maximum atomic E-state index is 8.94. The molecule has 0 aliphatic rings. The van der Waals surface area contributed by atoms with Crippen molar-refractivity contribution in [1.29, 1.82) is 0 Å². The molecule has 0 saturated heterocycles. The van der Waals surface area contributed by atoms with Crippen LogP contribution in [-0.2, 0) is 6.42 Å². The minimum Gasteiger partial charge on any atom is -0.411 e.